The summed E-state index contributed by atoms with van der Waals surface area (Å²) in [6.07, 6.45) is 2.08. The molecule has 0 radical (unpaired) electrons. The van der Waals surface area contributed by atoms with E-state index in [1.165, 1.54) is 0 Å². The van der Waals surface area contributed by atoms with Gasteiger partial charge in [0.2, 0.25) is 5.91 Å². The lowest BCUT2D eigenvalue weighted by Crippen LogP contribution is -2.80. The van der Waals surface area contributed by atoms with Gasteiger partial charge >= 0.3 is 10.4 Å². The van der Waals surface area contributed by atoms with Gasteiger partial charge in [-0.2, -0.15) is 8.42 Å². The highest BCUT2D eigenvalue weighted by atomic mass is 32.3. The summed E-state index contributed by atoms with van der Waals surface area (Å²) in [6.45, 7) is 2.03. The number of hydrogen-bond acceptors (Lipinski definition) is 7. The van der Waals surface area contributed by atoms with Crippen molar-refractivity contribution in [3.05, 3.63) is 41.5 Å². The molecule has 1 aliphatic carbocycles. The van der Waals surface area contributed by atoms with E-state index in [0.717, 1.165) is 36.3 Å². The van der Waals surface area contributed by atoms with Crippen LogP contribution in [0.1, 0.15) is 18.4 Å². The fraction of sp³-hybridized carbons (Fsp3) is 0.571. The minimum atomic E-state index is -4.31. The molecule has 1 amide bonds. The molecule has 0 N–H and O–H groups in total. The maximum absolute atomic E-state index is 13.6. The minimum Gasteiger partial charge on any atom is -0.373 e. The summed E-state index contributed by atoms with van der Waals surface area (Å²) >= 11 is 0. The highest BCUT2D eigenvalue weighted by Crippen LogP contribution is 2.73. The molecule has 0 aromatic heterocycles. The highest BCUT2D eigenvalue weighted by Gasteiger charge is 2.85. The van der Waals surface area contributed by atoms with Gasteiger partial charge in [0.25, 0.3) is 0 Å². The third-order valence-corrected chi connectivity index (χ3v) is 9.66. The van der Waals surface area contributed by atoms with Gasteiger partial charge in [-0.1, -0.05) is 29.8 Å². The van der Waals surface area contributed by atoms with Gasteiger partial charge < -0.3 is 4.74 Å². The Bertz CT molecular complexity index is 1180. The van der Waals surface area contributed by atoms with E-state index in [-0.39, 0.29) is 30.2 Å². The van der Waals surface area contributed by atoms with Crippen molar-refractivity contribution in [1.29, 1.82) is 0 Å². The molecule has 1 aromatic rings. The third-order valence-electron chi connectivity index (χ3n) is 8.75. The summed E-state index contributed by atoms with van der Waals surface area (Å²) < 4.78 is 44.3. The quantitative estimate of drug-likeness (QED) is 0.562. The van der Waals surface area contributed by atoms with Crippen molar-refractivity contribution in [2.75, 3.05) is 24.6 Å². The molecular weight excluding hydrogens is 408 g/mol. The van der Waals surface area contributed by atoms with Crippen molar-refractivity contribution in [1.82, 2.24) is 4.90 Å². The molecule has 8 aliphatic rings. The molecule has 7 atom stereocenters. The molecule has 1 saturated carbocycles. The van der Waals surface area contributed by atoms with Crippen molar-refractivity contribution >= 4 is 22.0 Å². The van der Waals surface area contributed by atoms with Crippen LogP contribution in [0.4, 0.5) is 5.69 Å². The molecule has 7 aliphatic heterocycles. The lowest BCUT2D eigenvalue weighted by molar-refractivity contribution is -0.188. The van der Waals surface area contributed by atoms with Crippen molar-refractivity contribution in [3.63, 3.8) is 0 Å². The molecule has 1 aromatic carbocycles. The highest BCUT2D eigenvalue weighted by molar-refractivity contribution is 7.82. The normalized spacial score (nSPS) is 48.8. The molecule has 5 saturated heterocycles. The summed E-state index contributed by atoms with van der Waals surface area (Å²) in [7, 11) is -4.31. The van der Waals surface area contributed by atoms with Crippen LogP contribution in [0.15, 0.2) is 35.9 Å². The Balaban J connectivity index is 1.57. The predicted octanol–water partition coefficient (Wildman–Crippen LogP) is 0.690. The number of hydrogen-bond donors (Lipinski definition) is 0. The Morgan fingerprint density at radius 1 is 1.20 bits per heavy atom. The molecular formula is C21H20N2O6S. The number of carbonyl (C=O) groups is 1. The number of amides is 1. The zero-order valence-corrected chi connectivity index (χ0v) is 16.9. The van der Waals surface area contributed by atoms with E-state index >= 15 is 0 Å². The predicted molar refractivity (Wildman–Crippen MR) is 103 cm³/mol. The molecule has 2 spiro atoms. The SMILES string of the molecule is O=C1CC2OCC=C3CN4CC[C@]56c7ccccc7N1C51OS(=O)(=O)OC([C@@H]3C21)[C@@H]46. The molecule has 8 nitrogen and oxygen atoms in total. The van der Waals surface area contributed by atoms with E-state index in [4.69, 9.17) is 13.1 Å². The Hall–Kier alpha value is -1.78. The molecule has 9 rings (SSSR count). The zero-order valence-electron chi connectivity index (χ0n) is 16.1. The Morgan fingerprint density at radius 2 is 2.07 bits per heavy atom. The molecule has 30 heavy (non-hydrogen) atoms. The van der Waals surface area contributed by atoms with Crippen LogP contribution in [0.2, 0.25) is 0 Å². The van der Waals surface area contributed by atoms with Gasteiger partial charge in [-0.15, -0.1) is 0 Å². The summed E-state index contributed by atoms with van der Waals surface area (Å²) in [6, 6.07) is 7.68. The lowest BCUT2D eigenvalue weighted by atomic mass is 9.50. The number of fused-ring (bicyclic) bond motifs is 4. The van der Waals surface area contributed by atoms with Crippen LogP contribution < -0.4 is 4.90 Å². The summed E-state index contributed by atoms with van der Waals surface area (Å²) in [5, 5.41) is 0. The molecule has 6 fully saturated rings. The van der Waals surface area contributed by atoms with Crippen LogP contribution in [0.3, 0.4) is 0 Å². The first-order chi connectivity index (χ1) is 14.5. The second kappa shape index (κ2) is 4.83. The van der Waals surface area contributed by atoms with E-state index in [1.54, 1.807) is 4.90 Å². The molecule has 9 heteroatoms. The van der Waals surface area contributed by atoms with Gasteiger partial charge in [0.1, 0.15) is 6.10 Å². The second-order valence-corrected chi connectivity index (χ2v) is 10.7. The fourth-order valence-corrected chi connectivity index (χ4v) is 9.37. The molecule has 4 unspecified atom stereocenters. The number of ether oxygens (including phenoxy) is 1. The summed E-state index contributed by atoms with van der Waals surface area (Å²) in [5.74, 6) is -0.585. The van der Waals surface area contributed by atoms with Crippen LogP contribution >= 0.6 is 0 Å². The van der Waals surface area contributed by atoms with Gasteiger partial charge in [-0.25, -0.2) is 8.37 Å². The van der Waals surface area contributed by atoms with E-state index in [1.807, 2.05) is 24.3 Å². The van der Waals surface area contributed by atoms with Gasteiger partial charge in [-0.3, -0.25) is 14.6 Å². The first-order valence-corrected chi connectivity index (χ1v) is 11.9. The zero-order chi connectivity index (χ0) is 20.0. The van der Waals surface area contributed by atoms with Crippen LogP contribution in [0, 0.1) is 11.8 Å². The first-order valence-electron chi connectivity index (χ1n) is 10.6. The van der Waals surface area contributed by atoms with Crippen molar-refractivity contribution in [2.45, 2.75) is 42.2 Å². The average Bonchev–Trinajstić information content (AvgIpc) is 3.05. The number of benzene rings is 1. The maximum Gasteiger partial charge on any atom is 0.402 e. The van der Waals surface area contributed by atoms with Crippen LogP contribution in [0.25, 0.3) is 0 Å². The summed E-state index contributed by atoms with van der Waals surface area (Å²) in [5.41, 5.74) is 0.932. The number of carbonyl (C=O) groups excluding carboxylic acids is 1. The average molecular weight is 428 g/mol. The number of anilines is 1. The fourth-order valence-electron chi connectivity index (χ4n) is 8.18. The van der Waals surface area contributed by atoms with Crippen LogP contribution in [-0.4, -0.2) is 62.9 Å². The Kier molecular flexibility index (Phi) is 2.72. The second-order valence-electron chi connectivity index (χ2n) is 9.54. The molecule has 7 heterocycles. The first kappa shape index (κ1) is 16.9. The lowest BCUT2D eigenvalue weighted by Gasteiger charge is -2.63. The third kappa shape index (κ3) is 1.51. The molecule has 156 valence electrons. The monoisotopic (exact) mass is 428 g/mol. The Labute approximate surface area is 173 Å². The smallest absolute Gasteiger partial charge is 0.373 e. The van der Waals surface area contributed by atoms with E-state index in [9.17, 15) is 13.2 Å². The van der Waals surface area contributed by atoms with E-state index < -0.39 is 33.7 Å². The number of para-hydroxylation sites is 1. The summed E-state index contributed by atoms with van der Waals surface area (Å²) in [4.78, 5) is 17.6. The van der Waals surface area contributed by atoms with Gasteiger partial charge in [0.15, 0.2) is 5.72 Å². The van der Waals surface area contributed by atoms with E-state index in [0.29, 0.717) is 6.61 Å². The largest absolute Gasteiger partial charge is 0.402 e. The maximum atomic E-state index is 13.6. The van der Waals surface area contributed by atoms with Crippen LogP contribution in [-0.2, 0) is 33.7 Å². The van der Waals surface area contributed by atoms with Gasteiger partial charge in [0, 0.05) is 24.9 Å². The Morgan fingerprint density at radius 3 is 2.97 bits per heavy atom. The van der Waals surface area contributed by atoms with E-state index in [2.05, 4.69) is 11.0 Å². The van der Waals surface area contributed by atoms with Crippen molar-refractivity contribution < 1.29 is 26.3 Å². The minimum absolute atomic E-state index is 0.143. The number of piperidine rings is 2. The van der Waals surface area contributed by atoms with Crippen LogP contribution in [0.5, 0.6) is 0 Å². The standard InChI is InChI=1S/C21H20N2O6S/c24-15-9-14-17-16-11(5-8-27-14)10-22-7-6-20-12-3-1-2-4-13(12)23(15)21(17,20)29-30(25,26)28-18(16)19(20)22/h1-5,14,16-19H,6-10H2/t14?,16-,17?,18?,19+,20+,21?/m0/s1. The topological polar surface area (TPSA) is 85.4 Å². The number of nitrogens with zero attached hydrogens (tertiary/aromatic N) is 2. The van der Waals surface area contributed by atoms with Gasteiger partial charge in [-0.05, 0) is 18.1 Å². The van der Waals surface area contributed by atoms with Gasteiger partial charge in [0.05, 0.1) is 36.3 Å². The van der Waals surface area contributed by atoms with Crippen molar-refractivity contribution in [3.8, 4) is 0 Å². The molecule has 4 bridgehead atoms. The van der Waals surface area contributed by atoms with Crippen molar-refractivity contribution in [2.24, 2.45) is 11.8 Å². The number of rotatable bonds is 0.